The van der Waals surface area contributed by atoms with Gasteiger partial charge in [0, 0.05) is 23.3 Å². The van der Waals surface area contributed by atoms with Gasteiger partial charge >= 0.3 is 0 Å². The van der Waals surface area contributed by atoms with E-state index in [1.165, 1.54) is 11.8 Å². The quantitative estimate of drug-likeness (QED) is 0.872. The fraction of sp³-hybridized carbons (Fsp3) is 0.231. The van der Waals surface area contributed by atoms with E-state index in [-0.39, 0.29) is 6.04 Å². The van der Waals surface area contributed by atoms with Gasteiger partial charge in [0.05, 0.1) is 5.02 Å². The van der Waals surface area contributed by atoms with Crippen LogP contribution in [-0.4, -0.2) is 9.97 Å². The molecule has 0 aliphatic heterocycles. The van der Waals surface area contributed by atoms with Crippen molar-refractivity contribution in [2.24, 2.45) is 5.73 Å². The Morgan fingerprint density at radius 3 is 2.50 bits per heavy atom. The SMILES string of the molecule is Cc1cnc(Sc2ccc([C@@H](C)N)cc2Cl)nc1. The maximum absolute atomic E-state index is 6.22. The van der Waals surface area contributed by atoms with Crippen LogP contribution in [-0.2, 0) is 0 Å². The van der Waals surface area contributed by atoms with Crippen LogP contribution in [0.3, 0.4) is 0 Å². The Balaban J connectivity index is 2.22. The lowest BCUT2D eigenvalue weighted by atomic mass is 10.1. The first-order valence-electron chi connectivity index (χ1n) is 5.58. The molecular weight excluding hydrogens is 266 g/mol. The second-order valence-corrected chi connectivity index (χ2v) is 5.54. The van der Waals surface area contributed by atoms with Crippen LogP contribution in [0.4, 0.5) is 0 Å². The summed E-state index contributed by atoms with van der Waals surface area (Å²) < 4.78 is 0. The predicted molar refractivity (Wildman–Crippen MR) is 74.9 cm³/mol. The van der Waals surface area contributed by atoms with Gasteiger partial charge in [0.15, 0.2) is 5.16 Å². The monoisotopic (exact) mass is 279 g/mol. The van der Waals surface area contributed by atoms with Gasteiger partial charge in [-0.25, -0.2) is 9.97 Å². The van der Waals surface area contributed by atoms with Crippen molar-refractivity contribution >= 4 is 23.4 Å². The standard InChI is InChI=1S/C13H14ClN3S/c1-8-6-16-13(17-7-8)18-12-4-3-10(9(2)15)5-11(12)14/h3-7,9H,15H2,1-2H3/t9-/m1/s1. The molecule has 0 aliphatic carbocycles. The molecule has 0 unspecified atom stereocenters. The van der Waals surface area contributed by atoms with Crippen LogP contribution in [0.25, 0.3) is 0 Å². The average Bonchev–Trinajstić information content (AvgIpc) is 2.34. The van der Waals surface area contributed by atoms with Gasteiger partial charge in [-0.1, -0.05) is 17.7 Å². The molecule has 5 heteroatoms. The number of aryl methyl sites for hydroxylation is 1. The Hall–Kier alpha value is -1.10. The number of aromatic nitrogens is 2. The third kappa shape index (κ3) is 3.22. The topological polar surface area (TPSA) is 51.8 Å². The zero-order chi connectivity index (χ0) is 13.1. The molecule has 2 rings (SSSR count). The molecular formula is C13H14ClN3S. The van der Waals surface area contributed by atoms with E-state index in [2.05, 4.69) is 9.97 Å². The maximum atomic E-state index is 6.22. The fourth-order valence-corrected chi connectivity index (χ4v) is 2.42. The van der Waals surface area contributed by atoms with Crippen molar-refractivity contribution in [3.05, 3.63) is 46.7 Å². The van der Waals surface area contributed by atoms with E-state index in [4.69, 9.17) is 17.3 Å². The fourth-order valence-electron chi connectivity index (χ4n) is 1.41. The second-order valence-electron chi connectivity index (χ2n) is 4.12. The Labute approximate surface area is 116 Å². The highest BCUT2D eigenvalue weighted by Gasteiger charge is 2.07. The summed E-state index contributed by atoms with van der Waals surface area (Å²) in [5.41, 5.74) is 7.87. The number of hydrogen-bond donors (Lipinski definition) is 1. The van der Waals surface area contributed by atoms with Crippen molar-refractivity contribution in [3.8, 4) is 0 Å². The zero-order valence-corrected chi connectivity index (χ0v) is 11.8. The summed E-state index contributed by atoms with van der Waals surface area (Å²) in [4.78, 5) is 9.42. The lowest BCUT2D eigenvalue weighted by molar-refractivity contribution is 0.817. The highest BCUT2D eigenvalue weighted by Crippen LogP contribution is 2.32. The Kier molecular flexibility index (Phi) is 4.22. The van der Waals surface area contributed by atoms with E-state index in [1.54, 1.807) is 12.4 Å². The Bertz CT molecular complexity index is 540. The minimum absolute atomic E-state index is 0.0165. The molecule has 1 heterocycles. The molecule has 0 amide bonds. The van der Waals surface area contributed by atoms with Crippen LogP contribution in [0.2, 0.25) is 5.02 Å². The van der Waals surface area contributed by atoms with Gasteiger partial charge in [-0.05, 0) is 48.9 Å². The lowest BCUT2D eigenvalue weighted by Gasteiger charge is -2.08. The van der Waals surface area contributed by atoms with Crippen molar-refractivity contribution < 1.29 is 0 Å². The molecule has 0 radical (unpaired) electrons. The molecule has 3 nitrogen and oxygen atoms in total. The molecule has 0 aliphatic rings. The van der Waals surface area contributed by atoms with E-state index < -0.39 is 0 Å². The largest absolute Gasteiger partial charge is 0.324 e. The smallest absolute Gasteiger partial charge is 0.192 e. The molecule has 0 saturated carbocycles. The Morgan fingerprint density at radius 1 is 1.28 bits per heavy atom. The van der Waals surface area contributed by atoms with Crippen molar-refractivity contribution in [2.45, 2.75) is 29.9 Å². The van der Waals surface area contributed by atoms with Crippen LogP contribution in [0.5, 0.6) is 0 Å². The van der Waals surface area contributed by atoms with Gasteiger partial charge in [-0.3, -0.25) is 0 Å². The van der Waals surface area contributed by atoms with Crippen LogP contribution >= 0.6 is 23.4 Å². The van der Waals surface area contributed by atoms with Crippen LogP contribution in [0.15, 0.2) is 40.6 Å². The van der Waals surface area contributed by atoms with E-state index >= 15 is 0 Å². The van der Waals surface area contributed by atoms with Gasteiger partial charge in [0.1, 0.15) is 0 Å². The van der Waals surface area contributed by atoms with Gasteiger partial charge < -0.3 is 5.73 Å². The first-order chi connectivity index (χ1) is 8.56. The van der Waals surface area contributed by atoms with E-state index in [9.17, 15) is 0 Å². The number of nitrogens with two attached hydrogens (primary N) is 1. The van der Waals surface area contributed by atoms with Gasteiger partial charge in [-0.2, -0.15) is 0 Å². The molecule has 0 saturated heterocycles. The lowest BCUT2D eigenvalue weighted by Crippen LogP contribution is -2.04. The third-order valence-electron chi connectivity index (χ3n) is 2.44. The number of rotatable bonds is 3. The summed E-state index contributed by atoms with van der Waals surface area (Å²) >= 11 is 7.67. The summed E-state index contributed by atoms with van der Waals surface area (Å²) in [5, 5.41) is 1.37. The second kappa shape index (κ2) is 5.69. The summed E-state index contributed by atoms with van der Waals surface area (Å²) in [6.07, 6.45) is 3.58. The summed E-state index contributed by atoms with van der Waals surface area (Å²) in [6.45, 7) is 3.89. The van der Waals surface area contributed by atoms with E-state index in [1.807, 2.05) is 32.0 Å². The number of benzene rings is 1. The van der Waals surface area contributed by atoms with Gasteiger partial charge in [0.2, 0.25) is 0 Å². The molecule has 2 N–H and O–H groups in total. The minimum atomic E-state index is -0.0165. The zero-order valence-electron chi connectivity index (χ0n) is 10.2. The summed E-state index contributed by atoms with van der Waals surface area (Å²) in [7, 11) is 0. The van der Waals surface area contributed by atoms with E-state index in [0.717, 1.165) is 16.0 Å². The maximum Gasteiger partial charge on any atom is 0.192 e. The first kappa shape index (κ1) is 13.3. The summed E-state index contributed by atoms with van der Waals surface area (Å²) in [5.74, 6) is 0. The van der Waals surface area contributed by atoms with Crippen LogP contribution < -0.4 is 5.73 Å². The van der Waals surface area contributed by atoms with Gasteiger partial charge in [0.25, 0.3) is 0 Å². The average molecular weight is 280 g/mol. The van der Waals surface area contributed by atoms with E-state index in [0.29, 0.717) is 10.2 Å². The molecule has 2 aromatic rings. The molecule has 94 valence electrons. The number of hydrogen-bond acceptors (Lipinski definition) is 4. The summed E-state index contributed by atoms with van der Waals surface area (Å²) in [6, 6.07) is 5.81. The van der Waals surface area contributed by atoms with Crippen molar-refractivity contribution in [2.75, 3.05) is 0 Å². The molecule has 0 spiro atoms. The molecule has 1 aromatic heterocycles. The highest BCUT2D eigenvalue weighted by molar-refractivity contribution is 7.99. The minimum Gasteiger partial charge on any atom is -0.324 e. The number of nitrogens with zero attached hydrogens (tertiary/aromatic N) is 2. The molecule has 18 heavy (non-hydrogen) atoms. The molecule has 0 fully saturated rings. The van der Waals surface area contributed by atoms with Crippen LogP contribution in [0.1, 0.15) is 24.1 Å². The van der Waals surface area contributed by atoms with Crippen molar-refractivity contribution in [1.82, 2.24) is 9.97 Å². The molecule has 0 bridgehead atoms. The number of halogens is 1. The van der Waals surface area contributed by atoms with Gasteiger partial charge in [-0.15, -0.1) is 0 Å². The van der Waals surface area contributed by atoms with Crippen molar-refractivity contribution in [3.63, 3.8) is 0 Å². The third-order valence-corrected chi connectivity index (χ3v) is 3.83. The first-order valence-corrected chi connectivity index (χ1v) is 6.77. The molecule has 1 atom stereocenters. The Morgan fingerprint density at radius 2 is 1.94 bits per heavy atom. The highest BCUT2D eigenvalue weighted by atomic mass is 35.5. The molecule has 1 aromatic carbocycles. The van der Waals surface area contributed by atoms with Crippen molar-refractivity contribution in [1.29, 1.82) is 0 Å². The van der Waals surface area contributed by atoms with Crippen LogP contribution in [0, 0.1) is 6.92 Å². The normalized spacial score (nSPS) is 12.4. The predicted octanol–water partition coefficient (Wildman–Crippen LogP) is 3.61.